The van der Waals surface area contributed by atoms with E-state index in [1.807, 2.05) is 6.92 Å². The van der Waals surface area contributed by atoms with Gasteiger partial charge in [-0.3, -0.25) is 9.59 Å². The third-order valence-corrected chi connectivity index (χ3v) is 4.20. The summed E-state index contributed by atoms with van der Waals surface area (Å²) in [5.41, 5.74) is 0.192. The summed E-state index contributed by atoms with van der Waals surface area (Å²) >= 11 is 0. The van der Waals surface area contributed by atoms with Crippen LogP contribution in [0.5, 0.6) is 0 Å². The molecule has 0 spiro atoms. The van der Waals surface area contributed by atoms with Crippen molar-refractivity contribution >= 4 is 11.9 Å². The molecule has 3 unspecified atom stereocenters. The van der Waals surface area contributed by atoms with Gasteiger partial charge in [-0.2, -0.15) is 0 Å². The predicted molar refractivity (Wildman–Crippen MR) is 76.3 cm³/mol. The summed E-state index contributed by atoms with van der Waals surface area (Å²) in [7, 11) is 0. The van der Waals surface area contributed by atoms with Crippen LogP contribution in [0.3, 0.4) is 0 Å². The molecule has 1 amide bonds. The first-order chi connectivity index (χ1) is 10.4. The van der Waals surface area contributed by atoms with E-state index in [2.05, 4.69) is 0 Å². The van der Waals surface area contributed by atoms with Crippen LogP contribution in [0.15, 0.2) is 18.2 Å². The molecule has 4 nitrogen and oxygen atoms in total. The Kier molecular flexibility index (Phi) is 4.78. The Labute approximate surface area is 127 Å². The maximum Gasteiger partial charge on any atom is 0.323 e. The van der Waals surface area contributed by atoms with Crippen molar-refractivity contribution in [2.45, 2.75) is 38.6 Å². The van der Waals surface area contributed by atoms with Gasteiger partial charge in [0.1, 0.15) is 6.54 Å². The van der Waals surface area contributed by atoms with Gasteiger partial charge in [-0.05, 0) is 37.3 Å². The number of hydrogen-bond acceptors (Lipinski definition) is 2. The van der Waals surface area contributed by atoms with Gasteiger partial charge in [0.25, 0.3) is 0 Å². The average Bonchev–Trinajstić information content (AvgIpc) is 3.26. The molecule has 3 atom stereocenters. The number of carbonyl (C=O) groups excluding carboxylic acids is 1. The molecule has 1 aliphatic carbocycles. The molecule has 2 rings (SSSR count). The Balaban J connectivity index is 2.14. The molecule has 1 aromatic carbocycles. The van der Waals surface area contributed by atoms with Crippen LogP contribution in [0, 0.1) is 17.6 Å². The molecule has 0 heterocycles. The fraction of sp³-hybridized carbons (Fsp3) is 0.500. The molecule has 1 fully saturated rings. The van der Waals surface area contributed by atoms with Gasteiger partial charge in [-0.25, -0.2) is 8.78 Å². The van der Waals surface area contributed by atoms with Crippen molar-refractivity contribution in [1.82, 2.24) is 4.90 Å². The monoisotopic (exact) mass is 311 g/mol. The van der Waals surface area contributed by atoms with E-state index in [1.54, 1.807) is 6.92 Å². The second-order valence-corrected chi connectivity index (χ2v) is 5.71. The van der Waals surface area contributed by atoms with Crippen LogP contribution in [0.2, 0.25) is 0 Å². The van der Waals surface area contributed by atoms with Gasteiger partial charge >= 0.3 is 5.97 Å². The van der Waals surface area contributed by atoms with Crippen LogP contribution >= 0.6 is 0 Å². The van der Waals surface area contributed by atoms with Crippen molar-refractivity contribution in [3.8, 4) is 0 Å². The highest BCUT2D eigenvalue weighted by molar-refractivity contribution is 5.86. The Morgan fingerprint density at radius 1 is 1.41 bits per heavy atom. The number of nitrogens with zero attached hydrogens (tertiary/aromatic N) is 1. The highest BCUT2D eigenvalue weighted by Gasteiger charge is 2.48. The van der Waals surface area contributed by atoms with E-state index in [1.165, 1.54) is 17.0 Å². The number of benzene rings is 1. The summed E-state index contributed by atoms with van der Waals surface area (Å²) in [6, 6.07) is 3.72. The van der Waals surface area contributed by atoms with E-state index in [0.717, 1.165) is 6.07 Å². The Hall–Kier alpha value is -1.98. The van der Waals surface area contributed by atoms with E-state index in [-0.39, 0.29) is 30.0 Å². The van der Waals surface area contributed by atoms with Gasteiger partial charge in [0.15, 0.2) is 11.6 Å². The molecule has 0 aromatic heterocycles. The van der Waals surface area contributed by atoms with E-state index >= 15 is 0 Å². The van der Waals surface area contributed by atoms with Crippen molar-refractivity contribution in [2.75, 3.05) is 6.54 Å². The van der Waals surface area contributed by atoms with Crippen LogP contribution in [0.25, 0.3) is 0 Å². The molecule has 120 valence electrons. The van der Waals surface area contributed by atoms with E-state index in [0.29, 0.717) is 12.8 Å². The molecule has 1 saturated carbocycles. The fourth-order valence-corrected chi connectivity index (χ4v) is 2.65. The number of aliphatic carboxylic acids is 1. The van der Waals surface area contributed by atoms with Crippen LogP contribution in [0.4, 0.5) is 8.78 Å². The Morgan fingerprint density at radius 2 is 2.09 bits per heavy atom. The van der Waals surface area contributed by atoms with E-state index in [9.17, 15) is 18.4 Å². The summed E-state index contributed by atoms with van der Waals surface area (Å²) in [5, 5.41) is 8.94. The van der Waals surface area contributed by atoms with Gasteiger partial charge in [0, 0.05) is 12.0 Å². The molecular weight excluding hydrogens is 292 g/mol. The number of carboxylic acids is 1. The van der Waals surface area contributed by atoms with Crippen LogP contribution < -0.4 is 0 Å². The summed E-state index contributed by atoms with van der Waals surface area (Å²) in [6.07, 6.45) is 1.05. The molecule has 0 bridgehead atoms. The van der Waals surface area contributed by atoms with Crippen LogP contribution in [0.1, 0.15) is 38.2 Å². The minimum atomic E-state index is -1.08. The average molecular weight is 311 g/mol. The number of carboxylic acid groups (broad SMARTS) is 1. The molecule has 0 aliphatic heterocycles. The molecular formula is C16H19F2NO3. The topological polar surface area (TPSA) is 57.6 Å². The normalized spacial score (nSPS) is 21.3. The highest BCUT2D eigenvalue weighted by atomic mass is 19.2. The zero-order valence-corrected chi connectivity index (χ0v) is 12.6. The number of rotatable bonds is 6. The smallest absolute Gasteiger partial charge is 0.323 e. The molecule has 22 heavy (non-hydrogen) atoms. The maximum absolute atomic E-state index is 13.8. The summed E-state index contributed by atoms with van der Waals surface area (Å²) in [4.78, 5) is 24.7. The number of amides is 1. The highest BCUT2D eigenvalue weighted by Crippen LogP contribution is 2.49. The van der Waals surface area contributed by atoms with Crippen LogP contribution in [-0.2, 0) is 9.59 Å². The second kappa shape index (κ2) is 6.42. The lowest BCUT2D eigenvalue weighted by molar-refractivity contribution is -0.146. The van der Waals surface area contributed by atoms with Gasteiger partial charge in [0.05, 0.1) is 0 Å². The zero-order chi connectivity index (χ0) is 16.4. The van der Waals surface area contributed by atoms with Crippen molar-refractivity contribution in [3.63, 3.8) is 0 Å². The SMILES string of the molecule is CCC(C)N(CC(=O)O)C(=O)C1CC1c1cccc(F)c1F. The third-order valence-electron chi connectivity index (χ3n) is 4.20. The first-order valence-electron chi connectivity index (χ1n) is 7.33. The van der Waals surface area contributed by atoms with Crippen molar-refractivity contribution in [2.24, 2.45) is 5.92 Å². The Morgan fingerprint density at radius 3 is 2.68 bits per heavy atom. The molecule has 0 saturated heterocycles. The standard InChI is InChI=1S/C16H19F2NO3/c1-3-9(2)19(8-14(20)21)16(22)12-7-11(12)10-5-4-6-13(17)15(10)18/h4-6,9,11-12H,3,7-8H2,1-2H3,(H,20,21). The van der Waals surface area contributed by atoms with Gasteiger partial charge in [0.2, 0.25) is 5.91 Å². The summed E-state index contributed by atoms with van der Waals surface area (Å²) in [5.74, 6) is -4.07. The quantitative estimate of drug-likeness (QED) is 0.879. The van der Waals surface area contributed by atoms with Gasteiger partial charge in [-0.15, -0.1) is 0 Å². The molecule has 1 aliphatic rings. The predicted octanol–water partition coefficient (Wildman–Crippen LogP) is 2.78. The molecule has 1 aromatic rings. The lowest BCUT2D eigenvalue weighted by Crippen LogP contribution is -2.42. The lowest BCUT2D eigenvalue weighted by atomic mass is 10.1. The Bertz CT molecular complexity index is 591. The van der Waals surface area contributed by atoms with E-state index in [4.69, 9.17) is 5.11 Å². The minimum Gasteiger partial charge on any atom is -0.480 e. The zero-order valence-electron chi connectivity index (χ0n) is 12.6. The van der Waals surface area contributed by atoms with Crippen molar-refractivity contribution in [3.05, 3.63) is 35.4 Å². The summed E-state index contributed by atoms with van der Waals surface area (Å²) < 4.78 is 27.0. The minimum absolute atomic E-state index is 0.192. The summed E-state index contributed by atoms with van der Waals surface area (Å²) in [6.45, 7) is 3.27. The van der Waals surface area contributed by atoms with Crippen molar-refractivity contribution in [1.29, 1.82) is 0 Å². The van der Waals surface area contributed by atoms with Crippen molar-refractivity contribution < 1.29 is 23.5 Å². The van der Waals surface area contributed by atoms with Gasteiger partial charge < -0.3 is 10.0 Å². The van der Waals surface area contributed by atoms with E-state index < -0.39 is 23.5 Å². The largest absolute Gasteiger partial charge is 0.480 e. The third kappa shape index (κ3) is 3.26. The van der Waals surface area contributed by atoms with Gasteiger partial charge in [-0.1, -0.05) is 19.1 Å². The first kappa shape index (κ1) is 16.4. The molecule has 0 radical (unpaired) electrons. The number of halogens is 2. The number of carbonyl (C=O) groups is 2. The van der Waals surface area contributed by atoms with Crippen LogP contribution in [-0.4, -0.2) is 34.5 Å². The number of hydrogen-bond donors (Lipinski definition) is 1. The first-order valence-corrected chi connectivity index (χ1v) is 7.33. The molecule has 1 N–H and O–H groups in total. The fourth-order valence-electron chi connectivity index (χ4n) is 2.65. The second-order valence-electron chi connectivity index (χ2n) is 5.71. The maximum atomic E-state index is 13.8. The lowest BCUT2D eigenvalue weighted by Gasteiger charge is -2.27. The molecule has 6 heteroatoms.